The first-order valence-electron chi connectivity index (χ1n) is 9.33. The third kappa shape index (κ3) is 2.60. The second-order valence-corrected chi connectivity index (χ2v) is 10.3. The average molecular weight is 364 g/mol. The van der Waals surface area contributed by atoms with Crippen LogP contribution in [-0.4, -0.2) is 6.30 Å². The lowest BCUT2D eigenvalue weighted by molar-refractivity contribution is 1.26. The second kappa shape index (κ2) is 6.41. The van der Waals surface area contributed by atoms with E-state index < -0.39 is 6.89 Å². The molecule has 0 amide bonds. The summed E-state index contributed by atoms with van der Waals surface area (Å²) in [5, 5.41) is 3.99. The summed E-state index contributed by atoms with van der Waals surface area (Å²) in [6, 6.07) is 37.4. The van der Waals surface area contributed by atoms with E-state index in [9.17, 15) is 0 Å². The van der Waals surface area contributed by atoms with Gasteiger partial charge in [0.15, 0.2) is 0 Å². The normalized spacial score (nSPS) is 12.4. The molecule has 0 nitrogen and oxygen atoms in total. The molecule has 0 N–H and O–H groups in total. The molecule has 1 aliphatic rings. The number of benzene rings is 4. The Hall–Kier alpha value is -2.82. The van der Waals surface area contributed by atoms with Crippen LogP contribution in [0.2, 0.25) is 0 Å². The van der Waals surface area contributed by atoms with E-state index in [2.05, 4.69) is 103 Å². The van der Waals surface area contributed by atoms with Gasteiger partial charge in [0.05, 0.1) is 0 Å². The molecule has 0 unspecified atom stereocenters. The van der Waals surface area contributed by atoms with Crippen LogP contribution in [0.25, 0.3) is 11.1 Å². The maximum Gasteiger partial charge on any atom is -0.00134 e. The molecule has 0 saturated heterocycles. The molecule has 0 bridgehead atoms. The van der Waals surface area contributed by atoms with Gasteiger partial charge in [0.2, 0.25) is 0 Å². The molecule has 0 heterocycles. The van der Waals surface area contributed by atoms with Crippen molar-refractivity contribution in [3.8, 4) is 11.1 Å². The predicted molar refractivity (Wildman–Crippen MR) is 121 cm³/mol. The fourth-order valence-electron chi connectivity index (χ4n) is 4.16. The van der Waals surface area contributed by atoms with Crippen molar-refractivity contribution in [2.75, 3.05) is 0 Å². The van der Waals surface area contributed by atoms with Crippen molar-refractivity contribution in [3.05, 3.63) is 114 Å². The van der Waals surface area contributed by atoms with Gasteiger partial charge < -0.3 is 0 Å². The smallest absolute Gasteiger partial charge is 0.00134 e. The van der Waals surface area contributed by atoms with Crippen LogP contribution < -0.4 is 15.9 Å². The van der Waals surface area contributed by atoms with Crippen molar-refractivity contribution in [2.45, 2.75) is 6.42 Å². The van der Waals surface area contributed by atoms with Crippen molar-refractivity contribution in [1.82, 2.24) is 0 Å². The average Bonchev–Trinajstić information content (AvgIpc) is 3.12. The van der Waals surface area contributed by atoms with E-state index in [0.29, 0.717) is 0 Å². The molecule has 4 aromatic rings. The zero-order chi connectivity index (χ0) is 18.3. The van der Waals surface area contributed by atoms with E-state index in [0.717, 1.165) is 6.42 Å². The lowest BCUT2D eigenvalue weighted by Gasteiger charge is -2.27. The summed E-state index contributed by atoms with van der Waals surface area (Å²) in [7, 11) is 0. The van der Waals surface area contributed by atoms with Gasteiger partial charge >= 0.3 is 0 Å². The highest BCUT2D eigenvalue weighted by Crippen LogP contribution is 2.44. The van der Waals surface area contributed by atoms with Crippen molar-refractivity contribution in [3.63, 3.8) is 0 Å². The lowest BCUT2D eigenvalue weighted by atomic mass is 10.1. The number of fused-ring (bicyclic) bond motifs is 3. The maximum absolute atomic E-state index is 4.87. The first-order chi connectivity index (χ1) is 13.3. The summed E-state index contributed by atoms with van der Waals surface area (Å²) >= 11 is 0. The van der Waals surface area contributed by atoms with E-state index in [1.165, 1.54) is 38.2 Å². The quantitative estimate of drug-likeness (QED) is 0.396. The minimum Gasteiger partial charge on any atom is -0.0887 e. The van der Waals surface area contributed by atoms with Crippen LogP contribution in [0.15, 0.2) is 103 Å². The molecule has 4 aromatic carbocycles. The zero-order valence-electron chi connectivity index (χ0n) is 15.2. The summed E-state index contributed by atoms with van der Waals surface area (Å²) in [4.78, 5) is 0. The van der Waals surface area contributed by atoms with Gasteiger partial charge in [-0.3, -0.25) is 0 Å². The Labute approximate surface area is 161 Å². The fraction of sp³-hybridized carbons (Fsp3) is 0.0385. The Morgan fingerprint density at radius 2 is 1.07 bits per heavy atom. The largest absolute Gasteiger partial charge is 0.0887 e. The molecular formula is C26H21P. The first kappa shape index (κ1) is 16.4. The summed E-state index contributed by atoms with van der Waals surface area (Å²) in [5.41, 5.74) is 5.61. The van der Waals surface area contributed by atoms with E-state index in [-0.39, 0.29) is 0 Å². The van der Waals surface area contributed by atoms with Gasteiger partial charge in [-0.2, -0.15) is 0 Å². The number of hydrogen-bond donors (Lipinski definition) is 0. The van der Waals surface area contributed by atoms with Crippen LogP contribution >= 0.6 is 6.89 Å². The van der Waals surface area contributed by atoms with Crippen LogP contribution in [-0.2, 0) is 6.42 Å². The molecule has 0 fully saturated rings. The third-order valence-electron chi connectivity index (χ3n) is 5.62. The topological polar surface area (TPSA) is 0 Å². The highest BCUT2D eigenvalue weighted by Gasteiger charge is 2.25. The van der Waals surface area contributed by atoms with Crippen molar-refractivity contribution < 1.29 is 0 Å². The lowest BCUT2D eigenvalue weighted by Crippen LogP contribution is -2.25. The summed E-state index contributed by atoms with van der Waals surface area (Å²) < 4.78 is 0. The van der Waals surface area contributed by atoms with Crippen LogP contribution in [0.1, 0.15) is 11.1 Å². The molecule has 130 valence electrons. The monoisotopic (exact) mass is 364 g/mol. The van der Waals surface area contributed by atoms with Gasteiger partial charge in [-0.15, -0.1) is 0 Å². The van der Waals surface area contributed by atoms with Crippen molar-refractivity contribution in [1.29, 1.82) is 0 Å². The third-order valence-corrected chi connectivity index (χ3v) is 9.14. The Bertz CT molecular complexity index is 1110. The van der Waals surface area contributed by atoms with Crippen LogP contribution in [0.4, 0.5) is 0 Å². The van der Waals surface area contributed by atoms with Gasteiger partial charge in [0.25, 0.3) is 0 Å². The minimum absolute atomic E-state index is 1.03. The van der Waals surface area contributed by atoms with Gasteiger partial charge in [0, 0.05) is 0 Å². The van der Waals surface area contributed by atoms with Gasteiger partial charge in [-0.1, -0.05) is 103 Å². The summed E-state index contributed by atoms with van der Waals surface area (Å²) in [6.45, 7) is -1.92. The highest BCUT2D eigenvalue weighted by molar-refractivity contribution is 7.93. The Kier molecular flexibility index (Phi) is 3.88. The van der Waals surface area contributed by atoms with E-state index >= 15 is 0 Å². The molecule has 0 aromatic heterocycles. The molecule has 0 spiro atoms. The van der Waals surface area contributed by atoms with Crippen LogP contribution in [0, 0.1) is 0 Å². The summed E-state index contributed by atoms with van der Waals surface area (Å²) in [5.74, 6) is 0. The molecular weight excluding hydrogens is 343 g/mol. The number of rotatable bonds is 3. The van der Waals surface area contributed by atoms with Crippen molar-refractivity contribution >= 4 is 29.1 Å². The van der Waals surface area contributed by atoms with Gasteiger partial charge in [-0.05, 0) is 57.5 Å². The molecule has 0 radical (unpaired) electrons. The Morgan fingerprint density at radius 3 is 1.74 bits per heavy atom. The van der Waals surface area contributed by atoms with Crippen molar-refractivity contribution in [2.24, 2.45) is 0 Å². The molecule has 1 aliphatic carbocycles. The summed E-state index contributed by atoms with van der Waals surface area (Å²) in [6.07, 6.45) is 5.91. The van der Waals surface area contributed by atoms with Gasteiger partial charge in [-0.25, -0.2) is 0 Å². The highest BCUT2D eigenvalue weighted by atomic mass is 31.2. The van der Waals surface area contributed by atoms with Crippen LogP contribution in [0.5, 0.6) is 0 Å². The van der Waals surface area contributed by atoms with E-state index in [4.69, 9.17) is 6.30 Å². The maximum atomic E-state index is 4.87. The Balaban J connectivity index is 1.75. The van der Waals surface area contributed by atoms with E-state index in [1.54, 1.807) is 0 Å². The van der Waals surface area contributed by atoms with Gasteiger partial charge in [0.1, 0.15) is 0 Å². The molecule has 0 saturated carbocycles. The fourth-order valence-corrected chi connectivity index (χ4v) is 7.10. The van der Waals surface area contributed by atoms with E-state index in [1.807, 2.05) is 0 Å². The molecule has 5 rings (SSSR count). The predicted octanol–water partition coefficient (Wildman–Crippen LogP) is 4.98. The molecule has 0 atom stereocenters. The molecule has 1 heteroatoms. The zero-order valence-corrected chi connectivity index (χ0v) is 16.1. The second-order valence-electron chi connectivity index (χ2n) is 7.16. The minimum atomic E-state index is -1.92. The SMILES string of the molecule is C=P(c1ccccc1)(c1ccccc1)c1ccc2c(c1)-c1ccccc1C2. The molecule has 0 aliphatic heterocycles. The first-order valence-corrected chi connectivity index (χ1v) is 11.3. The standard InChI is InChI=1S/C26H21P/c1-27(22-11-4-2-5-12-22,23-13-6-3-7-14-23)24-17-16-21-18-20-10-8-9-15-25(20)26(21)19-24/h2-17,19H,1,18H2. The number of hydrogen-bond acceptors (Lipinski definition) is 0. The Morgan fingerprint density at radius 1 is 0.519 bits per heavy atom. The van der Waals surface area contributed by atoms with Crippen LogP contribution in [0.3, 0.4) is 0 Å². The molecule has 27 heavy (non-hydrogen) atoms.